The zero-order chi connectivity index (χ0) is 19.2. The van der Waals surface area contributed by atoms with Gasteiger partial charge in [-0.1, -0.05) is 0 Å². The van der Waals surface area contributed by atoms with Crippen LogP contribution in [0.1, 0.15) is 27.2 Å². The Morgan fingerprint density at radius 2 is 1.96 bits per heavy atom. The van der Waals surface area contributed by atoms with Gasteiger partial charge < -0.3 is 19.3 Å². The molecular formula is C15H24N2O8. The average Bonchev–Trinajstić information content (AvgIpc) is 3.00. The number of aliphatic hydroxyl groups is 1. The standard InChI is InChI=1S/C15H24N2O8/c1-14(2,3)25-13(20)16-8-6-9(23-4)15(16,7-18)11(17(21)22)10(8)12(19)24-5/h8-11,18H,6-7H2,1-5H3. The molecule has 0 aromatic heterocycles. The second kappa shape index (κ2) is 6.41. The minimum atomic E-state index is -1.69. The molecule has 2 aliphatic heterocycles. The van der Waals surface area contributed by atoms with Crippen LogP contribution >= 0.6 is 0 Å². The summed E-state index contributed by atoms with van der Waals surface area (Å²) in [5, 5.41) is 21.8. The van der Waals surface area contributed by atoms with Crippen LogP contribution in [0, 0.1) is 16.0 Å². The lowest BCUT2D eigenvalue weighted by Gasteiger charge is -2.38. The number of esters is 1. The number of rotatable bonds is 4. The number of hydrogen-bond donors (Lipinski definition) is 1. The van der Waals surface area contributed by atoms with E-state index < -0.39 is 58.8 Å². The fraction of sp³-hybridized carbons (Fsp3) is 0.867. The Morgan fingerprint density at radius 1 is 1.36 bits per heavy atom. The normalized spacial score (nSPS) is 34.1. The highest BCUT2D eigenvalue weighted by atomic mass is 16.6. The molecule has 0 aromatic carbocycles. The van der Waals surface area contributed by atoms with E-state index in [0.29, 0.717) is 0 Å². The van der Waals surface area contributed by atoms with Crippen molar-refractivity contribution >= 4 is 12.1 Å². The molecule has 2 bridgehead atoms. The number of amides is 1. The van der Waals surface area contributed by atoms with E-state index in [9.17, 15) is 24.8 Å². The summed E-state index contributed by atoms with van der Waals surface area (Å²) in [6.45, 7) is 4.24. The van der Waals surface area contributed by atoms with Crippen LogP contribution in [0.2, 0.25) is 0 Å². The summed E-state index contributed by atoms with van der Waals surface area (Å²) in [5.41, 5.74) is -2.53. The van der Waals surface area contributed by atoms with Crippen LogP contribution in [0.15, 0.2) is 0 Å². The largest absolute Gasteiger partial charge is 0.469 e. The van der Waals surface area contributed by atoms with Crippen LogP contribution in [0.4, 0.5) is 4.79 Å². The fourth-order valence-electron chi connectivity index (χ4n) is 4.08. The Balaban J connectivity index is 2.57. The monoisotopic (exact) mass is 360 g/mol. The predicted molar refractivity (Wildman–Crippen MR) is 83.4 cm³/mol. The van der Waals surface area contributed by atoms with Crippen molar-refractivity contribution in [1.29, 1.82) is 0 Å². The summed E-state index contributed by atoms with van der Waals surface area (Å²) < 4.78 is 15.4. The number of nitrogens with zero attached hydrogens (tertiary/aromatic N) is 2. The number of fused-ring (bicyclic) bond motifs is 2. The van der Waals surface area contributed by atoms with Crippen LogP contribution in [-0.4, -0.2) is 77.1 Å². The number of ether oxygens (including phenoxy) is 3. The van der Waals surface area contributed by atoms with Gasteiger partial charge in [0, 0.05) is 12.0 Å². The van der Waals surface area contributed by atoms with E-state index in [1.807, 2.05) is 0 Å². The maximum Gasteiger partial charge on any atom is 0.411 e. The zero-order valence-corrected chi connectivity index (χ0v) is 14.9. The van der Waals surface area contributed by atoms with Crippen molar-refractivity contribution in [1.82, 2.24) is 4.90 Å². The Hall–Kier alpha value is -1.94. The second-order valence-corrected chi connectivity index (χ2v) is 7.31. The number of aliphatic hydroxyl groups excluding tert-OH is 1. The molecule has 2 fully saturated rings. The molecule has 1 N–H and O–H groups in total. The van der Waals surface area contributed by atoms with Crippen LogP contribution in [-0.2, 0) is 19.0 Å². The summed E-state index contributed by atoms with van der Waals surface area (Å²) in [6.07, 6.45) is -1.46. The van der Waals surface area contributed by atoms with E-state index >= 15 is 0 Å². The lowest BCUT2D eigenvalue weighted by Crippen LogP contribution is -2.64. The van der Waals surface area contributed by atoms with Gasteiger partial charge in [-0.25, -0.2) is 4.79 Å². The molecule has 5 unspecified atom stereocenters. The topological polar surface area (TPSA) is 128 Å². The molecular weight excluding hydrogens is 336 g/mol. The van der Waals surface area contributed by atoms with Gasteiger partial charge in [0.25, 0.3) is 6.04 Å². The van der Waals surface area contributed by atoms with Crippen molar-refractivity contribution in [2.45, 2.75) is 56.5 Å². The molecule has 0 saturated carbocycles. The average molecular weight is 360 g/mol. The van der Waals surface area contributed by atoms with Crippen molar-refractivity contribution in [3.8, 4) is 0 Å². The first-order valence-corrected chi connectivity index (χ1v) is 7.92. The van der Waals surface area contributed by atoms with Crippen LogP contribution in [0.5, 0.6) is 0 Å². The van der Waals surface area contributed by atoms with Crippen molar-refractivity contribution in [2.24, 2.45) is 5.92 Å². The molecule has 0 aliphatic carbocycles. The fourth-order valence-corrected chi connectivity index (χ4v) is 4.08. The quantitative estimate of drug-likeness (QED) is 0.427. The Bertz CT molecular complexity index is 574. The highest BCUT2D eigenvalue weighted by Crippen LogP contribution is 2.52. The first kappa shape index (κ1) is 19.4. The molecule has 2 heterocycles. The molecule has 5 atom stereocenters. The molecule has 10 nitrogen and oxygen atoms in total. The first-order valence-electron chi connectivity index (χ1n) is 7.92. The number of hydrogen-bond acceptors (Lipinski definition) is 8. The number of carbonyl (C=O) groups is 2. The summed E-state index contributed by atoms with van der Waals surface area (Å²) >= 11 is 0. The van der Waals surface area contributed by atoms with Gasteiger partial charge in [-0.3, -0.25) is 19.8 Å². The molecule has 2 saturated heterocycles. The first-order chi connectivity index (χ1) is 11.5. The van der Waals surface area contributed by atoms with Crippen LogP contribution < -0.4 is 0 Å². The Morgan fingerprint density at radius 3 is 2.36 bits per heavy atom. The summed E-state index contributed by atoms with van der Waals surface area (Å²) in [6, 6.07) is -2.41. The molecule has 25 heavy (non-hydrogen) atoms. The molecule has 142 valence electrons. The smallest absolute Gasteiger partial charge is 0.411 e. The molecule has 0 radical (unpaired) electrons. The second-order valence-electron chi connectivity index (χ2n) is 7.31. The van der Waals surface area contributed by atoms with E-state index in [1.165, 1.54) is 7.11 Å². The lowest BCUT2D eigenvalue weighted by molar-refractivity contribution is -0.543. The Labute approximate surface area is 145 Å². The van der Waals surface area contributed by atoms with Crippen LogP contribution in [0.25, 0.3) is 0 Å². The van der Waals surface area contributed by atoms with Crippen LogP contribution in [0.3, 0.4) is 0 Å². The summed E-state index contributed by atoms with van der Waals surface area (Å²) in [5.74, 6) is -2.00. The van der Waals surface area contributed by atoms with Gasteiger partial charge in [-0.15, -0.1) is 0 Å². The van der Waals surface area contributed by atoms with Gasteiger partial charge in [-0.2, -0.15) is 0 Å². The van der Waals surface area contributed by atoms with Crippen molar-refractivity contribution in [2.75, 3.05) is 20.8 Å². The van der Waals surface area contributed by atoms with Gasteiger partial charge in [0.1, 0.15) is 11.5 Å². The predicted octanol–water partition coefficient (Wildman–Crippen LogP) is 0.190. The molecule has 2 rings (SSSR count). The minimum absolute atomic E-state index is 0.167. The zero-order valence-electron chi connectivity index (χ0n) is 14.9. The molecule has 2 aliphatic rings. The van der Waals surface area contributed by atoms with Crippen molar-refractivity contribution in [3.63, 3.8) is 0 Å². The van der Waals surface area contributed by atoms with E-state index in [2.05, 4.69) is 0 Å². The van der Waals surface area contributed by atoms with E-state index in [-0.39, 0.29) is 6.42 Å². The third kappa shape index (κ3) is 2.82. The van der Waals surface area contributed by atoms with Gasteiger partial charge in [0.15, 0.2) is 5.54 Å². The minimum Gasteiger partial charge on any atom is -0.469 e. The highest BCUT2D eigenvalue weighted by Gasteiger charge is 2.77. The van der Waals surface area contributed by atoms with E-state index in [1.54, 1.807) is 20.8 Å². The Kier molecular flexibility index (Phi) is 4.97. The summed E-state index contributed by atoms with van der Waals surface area (Å²) in [4.78, 5) is 37.1. The highest BCUT2D eigenvalue weighted by molar-refractivity contribution is 5.80. The SMILES string of the molecule is COC(=O)C1C2CC(OC)C(CO)(C1[N+](=O)[O-])N2C(=O)OC(C)(C)C. The molecule has 0 aromatic rings. The number of nitro groups is 1. The molecule has 0 spiro atoms. The lowest BCUT2D eigenvalue weighted by atomic mass is 9.75. The third-order valence-electron chi connectivity index (χ3n) is 4.89. The van der Waals surface area contributed by atoms with Gasteiger partial charge >= 0.3 is 12.1 Å². The third-order valence-corrected chi connectivity index (χ3v) is 4.89. The maximum absolute atomic E-state index is 12.7. The van der Waals surface area contributed by atoms with Gasteiger partial charge in [0.2, 0.25) is 0 Å². The van der Waals surface area contributed by atoms with E-state index in [0.717, 1.165) is 12.0 Å². The summed E-state index contributed by atoms with van der Waals surface area (Å²) in [7, 11) is 2.47. The number of carbonyl (C=O) groups excluding carboxylic acids is 2. The van der Waals surface area contributed by atoms with E-state index in [4.69, 9.17) is 14.2 Å². The van der Waals surface area contributed by atoms with Crippen molar-refractivity contribution in [3.05, 3.63) is 10.1 Å². The molecule has 1 amide bonds. The van der Waals surface area contributed by atoms with Gasteiger partial charge in [-0.05, 0) is 27.2 Å². The van der Waals surface area contributed by atoms with Crippen molar-refractivity contribution < 1.29 is 33.8 Å². The number of methoxy groups -OCH3 is 2. The van der Waals surface area contributed by atoms with Gasteiger partial charge in [0.05, 0.1) is 25.9 Å². The maximum atomic E-state index is 12.7. The molecule has 10 heteroatoms.